The molecule has 0 amide bonds. The Morgan fingerprint density at radius 3 is 2.73 bits per heavy atom. The molecule has 1 aliphatic carbocycles. The van der Waals surface area contributed by atoms with Crippen LogP contribution in [0.1, 0.15) is 18.4 Å². The highest BCUT2D eigenvalue weighted by atomic mass is 35.5. The van der Waals surface area contributed by atoms with Gasteiger partial charge < -0.3 is 10.5 Å². The molecule has 0 saturated heterocycles. The molecule has 0 bridgehead atoms. The first-order valence-corrected chi connectivity index (χ1v) is 5.59. The number of hydrogen-bond donors (Lipinski definition) is 1. The summed E-state index contributed by atoms with van der Waals surface area (Å²) in [5.41, 5.74) is 7.38. The summed E-state index contributed by atoms with van der Waals surface area (Å²) >= 11 is 5.97. The van der Waals surface area contributed by atoms with Gasteiger partial charge in [-0.05, 0) is 48.9 Å². The third kappa shape index (κ3) is 2.27. The molecular weight excluding hydrogens is 210 g/mol. The molecule has 0 aliphatic heterocycles. The van der Waals surface area contributed by atoms with Gasteiger partial charge in [0.2, 0.25) is 0 Å². The number of rotatable bonds is 4. The average molecular weight is 226 g/mol. The van der Waals surface area contributed by atoms with Gasteiger partial charge in [0, 0.05) is 0 Å². The van der Waals surface area contributed by atoms with Crippen molar-refractivity contribution < 1.29 is 4.74 Å². The number of benzene rings is 1. The predicted octanol–water partition coefficient (Wildman–Crippen LogP) is 2.63. The number of halogens is 1. The van der Waals surface area contributed by atoms with Crippen LogP contribution >= 0.6 is 11.6 Å². The van der Waals surface area contributed by atoms with Gasteiger partial charge in [0.25, 0.3) is 0 Å². The van der Waals surface area contributed by atoms with Gasteiger partial charge in [0.1, 0.15) is 5.75 Å². The van der Waals surface area contributed by atoms with Crippen LogP contribution in [0.2, 0.25) is 5.02 Å². The number of hydrogen-bond acceptors (Lipinski definition) is 2. The van der Waals surface area contributed by atoms with E-state index < -0.39 is 0 Å². The van der Waals surface area contributed by atoms with Gasteiger partial charge in [-0.2, -0.15) is 0 Å². The number of nitrogens with two attached hydrogens (primary N) is 1. The molecule has 82 valence electrons. The van der Waals surface area contributed by atoms with Crippen LogP contribution in [-0.4, -0.2) is 13.7 Å². The van der Waals surface area contributed by atoms with Gasteiger partial charge in [-0.15, -0.1) is 0 Å². The molecule has 1 aromatic carbocycles. The monoisotopic (exact) mass is 225 g/mol. The number of methoxy groups -OCH3 is 1. The molecule has 0 spiro atoms. The molecule has 1 aliphatic rings. The molecular formula is C12H16ClNO. The molecule has 2 nitrogen and oxygen atoms in total. The molecule has 0 aromatic heterocycles. The van der Waals surface area contributed by atoms with Crippen molar-refractivity contribution >= 4 is 11.6 Å². The molecule has 1 fully saturated rings. The summed E-state index contributed by atoms with van der Waals surface area (Å²) < 4.78 is 5.19. The van der Waals surface area contributed by atoms with E-state index in [0.29, 0.717) is 10.4 Å². The first kappa shape index (κ1) is 10.8. The van der Waals surface area contributed by atoms with Crippen LogP contribution in [0.3, 0.4) is 0 Å². The van der Waals surface area contributed by atoms with Crippen LogP contribution < -0.4 is 10.5 Å². The normalized spacial score (nSPS) is 17.5. The van der Waals surface area contributed by atoms with Crippen LogP contribution in [-0.2, 0) is 6.42 Å². The summed E-state index contributed by atoms with van der Waals surface area (Å²) in [4.78, 5) is 0. The Balaban J connectivity index is 2.15. The van der Waals surface area contributed by atoms with Crippen molar-refractivity contribution in [2.75, 3.05) is 13.7 Å². The van der Waals surface area contributed by atoms with Crippen molar-refractivity contribution in [3.8, 4) is 5.75 Å². The van der Waals surface area contributed by atoms with E-state index in [1.807, 2.05) is 12.1 Å². The van der Waals surface area contributed by atoms with Crippen LogP contribution in [0.25, 0.3) is 0 Å². The van der Waals surface area contributed by atoms with Crippen molar-refractivity contribution in [1.29, 1.82) is 0 Å². The lowest BCUT2D eigenvalue weighted by atomic mass is 9.96. The molecule has 1 saturated carbocycles. The average Bonchev–Trinajstić information content (AvgIpc) is 3.02. The second-order valence-electron chi connectivity index (χ2n) is 4.35. The van der Waals surface area contributed by atoms with Gasteiger partial charge in [-0.1, -0.05) is 17.7 Å². The van der Waals surface area contributed by atoms with Crippen molar-refractivity contribution in [3.05, 3.63) is 28.8 Å². The standard InChI is InChI=1S/C12H16ClNO/c1-15-11-6-9(2-3-10(11)13)7-12(8-14)4-5-12/h2-3,6H,4-5,7-8,14H2,1H3. The van der Waals surface area contributed by atoms with Gasteiger partial charge >= 0.3 is 0 Å². The molecule has 15 heavy (non-hydrogen) atoms. The van der Waals surface area contributed by atoms with E-state index in [-0.39, 0.29) is 0 Å². The van der Waals surface area contributed by atoms with Crippen LogP contribution in [0.4, 0.5) is 0 Å². The topological polar surface area (TPSA) is 35.2 Å². The van der Waals surface area contributed by atoms with E-state index in [2.05, 4.69) is 6.07 Å². The van der Waals surface area contributed by atoms with E-state index in [1.165, 1.54) is 18.4 Å². The maximum absolute atomic E-state index is 5.97. The Morgan fingerprint density at radius 1 is 1.47 bits per heavy atom. The first-order chi connectivity index (χ1) is 7.19. The highest BCUT2D eigenvalue weighted by molar-refractivity contribution is 6.32. The van der Waals surface area contributed by atoms with Crippen LogP contribution in [0.15, 0.2) is 18.2 Å². The SMILES string of the molecule is COc1cc(CC2(CN)CC2)ccc1Cl. The van der Waals surface area contributed by atoms with Gasteiger partial charge in [-0.3, -0.25) is 0 Å². The summed E-state index contributed by atoms with van der Waals surface area (Å²) in [5.74, 6) is 0.752. The molecule has 1 aromatic rings. The highest BCUT2D eigenvalue weighted by Gasteiger charge is 2.40. The van der Waals surface area contributed by atoms with Gasteiger partial charge in [0.15, 0.2) is 0 Å². The Bertz CT molecular complexity index is 361. The minimum Gasteiger partial charge on any atom is -0.495 e. The highest BCUT2D eigenvalue weighted by Crippen LogP contribution is 2.47. The summed E-state index contributed by atoms with van der Waals surface area (Å²) in [6.45, 7) is 0.776. The van der Waals surface area contributed by atoms with E-state index in [4.69, 9.17) is 22.1 Å². The molecule has 2 rings (SSSR count). The molecule has 0 atom stereocenters. The van der Waals surface area contributed by atoms with E-state index in [9.17, 15) is 0 Å². The minimum atomic E-state index is 0.360. The molecule has 0 radical (unpaired) electrons. The Hall–Kier alpha value is -0.730. The maximum atomic E-state index is 5.97. The van der Waals surface area contributed by atoms with Crippen LogP contribution in [0.5, 0.6) is 5.75 Å². The van der Waals surface area contributed by atoms with Crippen molar-refractivity contribution in [2.45, 2.75) is 19.3 Å². The summed E-state index contributed by atoms with van der Waals surface area (Å²) in [6.07, 6.45) is 3.53. The fourth-order valence-electron chi connectivity index (χ4n) is 1.88. The second kappa shape index (κ2) is 4.03. The fraction of sp³-hybridized carbons (Fsp3) is 0.500. The van der Waals surface area contributed by atoms with E-state index in [1.54, 1.807) is 7.11 Å². The zero-order chi connectivity index (χ0) is 10.9. The zero-order valence-corrected chi connectivity index (χ0v) is 9.68. The fourth-order valence-corrected chi connectivity index (χ4v) is 2.07. The predicted molar refractivity (Wildman–Crippen MR) is 62.4 cm³/mol. The quantitative estimate of drug-likeness (QED) is 0.855. The van der Waals surface area contributed by atoms with Crippen LogP contribution in [0, 0.1) is 5.41 Å². The van der Waals surface area contributed by atoms with Gasteiger partial charge in [-0.25, -0.2) is 0 Å². The second-order valence-corrected chi connectivity index (χ2v) is 4.76. The molecule has 3 heteroatoms. The minimum absolute atomic E-state index is 0.360. The summed E-state index contributed by atoms with van der Waals surface area (Å²) in [5, 5.41) is 0.666. The third-order valence-electron chi connectivity index (χ3n) is 3.18. The summed E-state index contributed by atoms with van der Waals surface area (Å²) in [7, 11) is 1.64. The zero-order valence-electron chi connectivity index (χ0n) is 8.92. The van der Waals surface area contributed by atoms with Gasteiger partial charge in [0.05, 0.1) is 12.1 Å². The molecule has 2 N–H and O–H groups in total. The van der Waals surface area contributed by atoms with E-state index >= 15 is 0 Å². The van der Waals surface area contributed by atoms with Crippen molar-refractivity contribution in [1.82, 2.24) is 0 Å². The number of ether oxygens (including phenoxy) is 1. The lowest BCUT2D eigenvalue weighted by molar-refractivity contribution is 0.413. The Kier molecular flexibility index (Phi) is 2.89. The smallest absolute Gasteiger partial charge is 0.137 e. The Morgan fingerprint density at radius 2 is 2.20 bits per heavy atom. The molecule has 0 heterocycles. The lowest BCUT2D eigenvalue weighted by Gasteiger charge is -2.13. The lowest BCUT2D eigenvalue weighted by Crippen LogP contribution is -2.17. The van der Waals surface area contributed by atoms with Crippen molar-refractivity contribution in [2.24, 2.45) is 11.1 Å². The molecule has 0 unspecified atom stereocenters. The van der Waals surface area contributed by atoms with Crippen molar-refractivity contribution in [3.63, 3.8) is 0 Å². The summed E-state index contributed by atoms with van der Waals surface area (Å²) in [6, 6.07) is 5.96. The third-order valence-corrected chi connectivity index (χ3v) is 3.50. The maximum Gasteiger partial charge on any atom is 0.137 e. The van der Waals surface area contributed by atoms with E-state index in [0.717, 1.165) is 18.7 Å². The Labute approximate surface area is 95.4 Å². The largest absolute Gasteiger partial charge is 0.495 e. The first-order valence-electron chi connectivity index (χ1n) is 5.22.